The molecule has 2 atom stereocenters. The van der Waals surface area contributed by atoms with E-state index in [9.17, 15) is 24.4 Å². The van der Waals surface area contributed by atoms with Crippen molar-refractivity contribution in [3.8, 4) is 0 Å². The summed E-state index contributed by atoms with van der Waals surface area (Å²) in [6, 6.07) is 0. The van der Waals surface area contributed by atoms with Gasteiger partial charge in [-0.1, -0.05) is 39.5 Å². The Morgan fingerprint density at radius 1 is 1.04 bits per heavy atom. The summed E-state index contributed by atoms with van der Waals surface area (Å²) in [5, 5.41) is 20.6. The molecule has 0 fully saturated rings. The van der Waals surface area contributed by atoms with Crippen LogP contribution in [0.15, 0.2) is 0 Å². The van der Waals surface area contributed by atoms with E-state index < -0.39 is 37.7 Å². The van der Waals surface area contributed by atoms with Crippen LogP contribution in [0.5, 0.6) is 0 Å². The maximum absolute atomic E-state index is 12.2. The summed E-state index contributed by atoms with van der Waals surface area (Å²) in [5.41, 5.74) is -2.65. The van der Waals surface area contributed by atoms with Crippen LogP contribution in [0.2, 0.25) is 0 Å². The Morgan fingerprint density at radius 3 is 2.00 bits per heavy atom. The first-order valence-electron chi connectivity index (χ1n) is 8.25. The fraction of sp³-hybridized carbons (Fsp3) is 0.867. The first-order chi connectivity index (χ1) is 11.1. The van der Waals surface area contributed by atoms with E-state index in [-0.39, 0.29) is 12.8 Å². The van der Waals surface area contributed by atoms with Crippen molar-refractivity contribution in [2.75, 3.05) is 6.61 Å². The van der Waals surface area contributed by atoms with Gasteiger partial charge in [-0.05, 0) is 12.8 Å². The van der Waals surface area contributed by atoms with Crippen LogP contribution in [0.25, 0.3) is 0 Å². The molecule has 0 saturated carbocycles. The Bertz CT molecular complexity index is 447. The molecular formula is C15H29O8P. The highest BCUT2D eigenvalue weighted by Crippen LogP contribution is 2.37. The van der Waals surface area contributed by atoms with Gasteiger partial charge in [-0.3, -0.25) is 14.1 Å². The van der Waals surface area contributed by atoms with Crippen LogP contribution < -0.4 is 0 Å². The minimum Gasteiger partial charge on any atom is -0.382 e. The molecule has 0 saturated heterocycles. The van der Waals surface area contributed by atoms with E-state index in [1.165, 1.54) is 0 Å². The van der Waals surface area contributed by atoms with Gasteiger partial charge in [-0.15, -0.1) is 0 Å². The van der Waals surface area contributed by atoms with Gasteiger partial charge in [0.25, 0.3) is 0 Å². The molecule has 0 heterocycles. The summed E-state index contributed by atoms with van der Waals surface area (Å²) in [7, 11) is -4.96. The molecule has 142 valence electrons. The molecule has 0 spiro atoms. The van der Waals surface area contributed by atoms with Crippen molar-refractivity contribution in [1.29, 1.82) is 0 Å². The van der Waals surface area contributed by atoms with E-state index in [0.717, 1.165) is 19.3 Å². The zero-order valence-corrected chi connectivity index (χ0v) is 15.2. The number of Topliss-reactive ketones (excluding diaryl/α,β-unsaturated/α-hetero) is 2. The van der Waals surface area contributed by atoms with Gasteiger partial charge < -0.3 is 20.0 Å². The number of phosphoric ester groups is 1. The SMILES string of the molecule is CCCCCC(=O)C(O)C(O)(COP(=O)(O)O)C(=O)CCCCC. The second-order valence-corrected chi connectivity index (χ2v) is 7.13. The van der Waals surface area contributed by atoms with Crippen molar-refractivity contribution >= 4 is 19.4 Å². The highest BCUT2D eigenvalue weighted by molar-refractivity contribution is 7.46. The van der Waals surface area contributed by atoms with Crippen LogP contribution in [0, 0.1) is 0 Å². The second kappa shape index (κ2) is 11.1. The molecule has 2 unspecified atom stereocenters. The lowest BCUT2D eigenvalue weighted by Crippen LogP contribution is -2.56. The van der Waals surface area contributed by atoms with Gasteiger partial charge in [-0.2, -0.15) is 0 Å². The molecule has 0 bridgehead atoms. The predicted molar refractivity (Wildman–Crippen MR) is 87.3 cm³/mol. The van der Waals surface area contributed by atoms with Crippen LogP contribution in [0.1, 0.15) is 65.2 Å². The van der Waals surface area contributed by atoms with Gasteiger partial charge in [0.15, 0.2) is 23.3 Å². The van der Waals surface area contributed by atoms with Crippen molar-refractivity contribution < 1.29 is 38.7 Å². The van der Waals surface area contributed by atoms with Gasteiger partial charge in [-0.25, -0.2) is 4.57 Å². The number of rotatable bonds is 14. The predicted octanol–water partition coefficient (Wildman–Crippen LogP) is 1.49. The van der Waals surface area contributed by atoms with E-state index in [4.69, 9.17) is 9.79 Å². The van der Waals surface area contributed by atoms with E-state index in [1.807, 2.05) is 13.8 Å². The Hall–Kier alpha value is -0.630. The molecule has 0 rings (SSSR count). The molecule has 0 aliphatic rings. The molecule has 24 heavy (non-hydrogen) atoms. The minimum atomic E-state index is -4.96. The van der Waals surface area contributed by atoms with E-state index in [2.05, 4.69) is 4.52 Å². The number of carbonyl (C=O) groups is 2. The third kappa shape index (κ3) is 8.46. The molecule has 0 aromatic heterocycles. The Labute approximate surface area is 142 Å². The molecule has 0 aromatic carbocycles. The smallest absolute Gasteiger partial charge is 0.382 e. The van der Waals surface area contributed by atoms with Gasteiger partial charge in [0.1, 0.15) is 0 Å². The summed E-state index contributed by atoms with van der Waals surface area (Å²) in [4.78, 5) is 41.8. The quantitative estimate of drug-likeness (QED) is 0.267. The van der Waals surface area contributed by atoms with Crippen molar-refractivity contribution in [3.63, 3.8) is 0 Å². The third-order valence-electron chi connectivity index (χ3n) is 3.73. The van der Waals surface area contributed by atoms with E-state index in [0.29, 0.717) is 19.3 Å². The topological polar surface area (TPSA) is 141 Å². The summed E-state index contributed by atoms with van der Waals surface area (Å²) in [5.74, 6) is -1.61. The van der Waals surface area contributed by atoms with Crippen LogP contribution >= 0.6 is 7.82 Å². The number of hydrogen-bond donors (Lipinski definition) is 4. The summed E-state index contributed by atoms with van der Waals surface area (Å²) >= 11 is 0. The van der Waals surface area contributed by atoms with Gasteiger partial charge in [0, 0.05) is 12.8 Å². The fourth-order valence-corrected chi connectivity index (χ4v) is 2.56. The Kier molecular flexibility index (Phi) is 10.8. The molecule has 0 amide bonds. The van der Waals surface area contributed by atoms with Crippen LogP contribution in [0.3, 0.4) is 0 Å². The first-order valence-corrected chi connectivity index (χ1v) is 9.78. The average molecular weight is 368 g/mol. The third-order valence-corrected chi connectivity index (χ3v) is 4.19. The maximum Gasteiger partial charge on any atom is 0.469 e. The van der Waals surface area contributed by atoms with Crippen molar-refractivity contribution in [2.45, 2.75) is 76.9 Å². The number of unbranched alkanes of at least 4 members (excludes halogenated alkanes) is 4. The van der Waals surface area contributed by atoms with Crippen molar-refractivity contribution in [3.05, 3.63) is 0 Å². The Morgan fingerprint density at radius 2 is 1.54 bits per heavy atom. The molecule has 0 radical (unpaired) electrons. The standard InChI is InChI=1S/C15H29O8P/c1-3-5-7-9-12(16)14(18)15(19,11-23-24(20,21)22)13(17)10-8-6-4-2/h14,18-19H,3-11H2,1-2H3,(H2,20,21,22). The lowest BCUT2D eigenvalue weighted by molar-refractivity contribution is -0.165. The van der Waals surface area contributed by atoms with Crippen molar-refractivity contribution in [2.24, 2.45) is 0 Å². The Balaban J connectivity index is 5.09. The highest BCUT2D eigenvalue weighted by Gasteiger charge is 2.47. The van der Waals surface area contributed by atoms with Gasteiger partial charge in [0.2, 0.25) is 0 Å². The summed E-state index contributed by atoms with van der Waals surface area (Å²) in [6.07, 6.45) is 1.84. The molecule has 0 aromatic rings. The lowest BCUT2D eigenvalue weighted by atomic mass is 9.86. The van der Waals surface area contributed by atoms with Crippen LogP contribution in [0.4, 0.5) is 0 Å². The lowest BCUT2D eigenvalue weighted by Gasteiger charge is -2.30. The zero-order valence-electron chi connectivity index (χ0n) is 14.3. The molecule has 8 nitrogen and oxygen atoms in total. The van der Waals surface area contributed by atoms with Gasteiger partial charge in [0.05, 0.1) is 6.61 Å². The summed E-state index contributed by atoms with van der Waals surface area (Å²) in [6.45, 7) is 2.71. The highest BCUT2D eigenvalue weighted by atomic mass is 31.2. The van der Waals surface area contributed by atoms with E-state index >= 15 is 0 Å². The molecule has 0 aliphatic carbocycles. The number of aliphatic hydroxyl groups is 2. The monoisotopic (exact) mass is 368 g/mol. The largest absolute Gasteiger partial charge is 0.469 e. The zero-order chi connectivity index (χ0) is 18.8. The number of carbonyl (C=O) groups excluding carboxylic acids is 2. The van der Waals surface area contributed by atoms with Crippen LogP contribution in [-0.2, 0) is 18.7 Å². The number of aliphatic hydroxyl groups excluding tert-OH is 1. The fourth-order valence-electron chi connectivity index (χ4n) is 2.20. The normalized spacial score (nSPS) is 15.8. The number of hydrogen-bond acceptors (Lipinski definition) is 6. The van der Waals surface area contributed by atoms with Gasteiger partial charge >= 0.3 is 7.82 Å². The molecule has 0 aliphatic heterocycles. The van der Waals surface area contributed by atoms with E-state index in [1.54, 1.807) is 0 Å². The molecule has 4 N–H and O–H groups in total. The number of phosphoric acid groups is 1. The van der Waals surface area contributed by atoms with Crippen LogP contribution in [-0.4, -0.2) is 49.9 Å². The molecular weight excluding hydrogens is 339 g/mol. The summed E-state index contributed by atoms with van der Waals surface area (Å²) < 4.78 is 15.0. The average Bonchev–Trinajstić information content (AvgIpc) is 2.51. The second-order valence-electron chi connectivity index (χ2n) is 5.89. The maximum atomic E-state index is 12.2. The molecule has 9 heteroatoms. The minimum absolute atomic E-state index is 0.0323. The number of ketones is 2. The first kappa shape index (κ1) is 23.4. The van der Waals surface area contributed by atoms with Crippen molar-refractivity contribution in [1.82, 2.24) is 0 Å².